The fourth-order valence-electron chi connectivity index (χ4n) is 1.79. The van der Waals surface area contributed by atoms with Gasteiger partial charge in [-0.1, -0.05) is 6.07 Å². The maximum Gasteiger partial charge on any atom is 0.163 e. The van der Waals surface area contributed by atoms with Crippen LogP contribution in [0.5, 0.6) is 0 Å². The molecule has 18 heavy (non-hydrogen) atoms. The normalized spacial score (nSPS) is 10.7. The Morgan fingerprint density at radius 2 is 1.94 bits per heavy atom. The molecule has 0 bridgehead atoms. The van der Waals surface area contributed by atoms with Crippen molar-refractivity contribution >= 4 is 32.7 Å². The number of halogens is 1. The number of benzene rings is 1. The van der Waals surface area contributed by atoms with Gasteiger partial charge in [0.2, 0.25) is 0 Å². The second-order valence-corrected chi connectivity index (χ2v) is 4.66. The first-order valence-corrected chi connectivity index (χ1v) is 6.17. The molecule has 2 aromatic heterocycles. The van der Waals surface area contributed by atoms with Gasteiger partial charge >= 0.3 is 0 Å². The largest absolute Gasteiger partial charge is 0.383 e. The van der Waals surface area contributed by atoms with Crippen molar-refractivity contribution in [3.8, 4) is 11.4 Å². The first-order valence-electron chi connectivity index (χ1n) is 5.38. The topological polar surface area (TPSA) is 64.7 Å². The zero-order valence-corrected chi connectivity index (χ0v) is 10.9. The second kappa shape index (κ2) is 4.34. The molecule has 0 radical (unpaired) electrons. The van der Waals surface area contributed by atoms with Gasteiger partial charge in [0.05, 0.1) is 10.9 Å². The lowest BCUT2D eigenvalue weighted by Gasteiger charge is -2.06. The van der Waals surface area contributed by atoms with Crippen molar-refractivity contribution in [3.05, 3.63) is 47.2 Å². The van der Waals surface area contributed by atoms with Crippen molar-refractivity contribution in [3.63, 3.8) is 0 Å². The van der Waals surface area contributed by atoms with Crippen LogP contribution in [0.2, 0.25) is 0 Å². The molecule has 0 aliphatic rings. The molecule has 2 heterocycles. The zero-order valence-electron chi connectivity index (χ0n) is 9.34. The molecular formula is C13H9BrN4. The van der Waals surface area contributed by atoms with E-state index in [0.29, 0.717) is 11.6 Å². The molecule has 2 N–H and O–H groups in total. The van der Waals surface area contributed by atoms with Gasteiger partial charge in [-0.25, -0.2) is 9.97 Å². The van der Waals surface area contributed by atoms with Gasteiger partial charge in [0.25, 0.3) is 0 Å². The summed E-state index contributed by atoms with van der Waals surface area (Å²) in [5.41, 5.74) is 7.66. The van der Waals surface area contributed by atoms with Crippen molar-refractivity contribution in [1.29, 1.82) is 0 Å². The van der Waals surface area contributed by atoms with Crippen LogP contribution in [0, 0.1) is 0 Å². The van der Waals surface area contributed by atoms with Gasteiger partial charge < -0.3 is 5.73 Å². The number of anilines is 1. The van der Waals surface area contributed by atoms with Crippen LogP contribution in [0.1, 0.15) is 0 Å². The summed E-state index contributed by atoms with van der Waals surface area (Å²) < 4.78 is 0.898. The highest BCUT2D eigenvalue weighted by atomic mass is 79.9. The monoisotopic (exact) mass is 300 g/mol. The van der Waals surface area contributed by atoms with E-state index in [4.69, 9.17) is 5.73 Å². The molecule has 0 spiro atoms. The van der Waals surface area contributed by atoms with Crippen LogP contribution in [-0.4, -0.2) is 15.0 Å². The molecule has 0 atom stereocenters. The summed E-state index contributed by atoms with van der Waals surface area (Å²) in [4.78, 5) is 12.9. The second-order valence-electron chi connectivity index (χ2n) is 3.81. The summed E-state index contributed by atoms with van der Waals surface area (Å²) in [6, 6.07) is 9.52. The maximum atomic E-state index is 5.99. The Kier molecular flexibility index (Phi) is 2.68. The molecule has 0 fully saturated rings. The molecule has 88 valence electrons. The Labute approximate surface area is 112 Å². The van der Waals surface area contributed by atoms with Crippen molar-refractivity contribution in [2.75, 3.05) is 5.73 Å². The Balaban J connectivity index is 2.29. The average molecular weight is 301 g/mol. The summed E-state index contributed by atoms with van der Waals surface area (Å²) in [7, 11) is 0. The molecule has 5 heteroatoms. The van der Waals surface area contributed by atoms with Gasteiger partial charge in [-0.3, -0.25) is 4.98 Å². The first kappa shape index (κ1) is 11.1. The molecule has 0 saturated carbocycles. The smallest absolute Gasteiger partial charge is 0.163 e. The van der Waals surface area contributed by atoms with Crippen LogP contribution >= 0.6 is 15.9 Å². The van der Waals surface area contributed by atoms with Gasteiger partial charge in [-0.2, -0.15) is 0 Å². The van der Waals surface area contributed by atoms with E-state index in [0.717, 1.165) is 20.9 Å². The van der Waals surface area contributed by atoms with Gasteiger partial charge in [0, 0.05) is 22.4 Å². The van der Waals surface area contributed by atoms with Crippen LogP contribution in [0.15, 0.2) is 47.2 Å². The summed E-state index contributed by atoms with van der Waals surface area (Å²) >= 11 is 3.46. The van der Waals surface area contributed by atoms with Crippen molar-refractivity contribution in [2.24, 2.45) is 0 Å². The highest BCUT2D eigenvalue weighted by Crippen LogP contribution is 2.28. The number of rotatable bonds is 1. The molecule has 3 aromatic rings. The highest BCUT2D eigenvalue weighted by molar-refractivity contribution is 9.10. The van der Waals surface area contributed by atoms with Crippen LogP contribution < -0.4 is 5.73 Å². The molecule has 3 rings (SSSR count). The van der Waals surface area contributed by atoms with Gasteiger partial charge in [0.1, 0.15) is 5.82 Å². The molecule has 0 unspecified atom stereocenters. The number of hydrogen-bond acceptors (Lipinski definition) is 4. The molecular weight excluding hydrogens is 292 g/mol. The number of aromatic nitrogens is 3. The van der Waals surface area contributed by atoms with Gasteiger partial charge in [-0.05, 0) is 40.2 Å². The van der Waals surface area contributed by atoms with Crippen molar-refractivity contribution in [1.82, 2.24) is 15.0 Å². The van der Waals surface area contributed by atoms with Crippen molar-refractivity contribution in [2.45, 2.75) is 0 Å². The van der Waals surface area contributed by atoms with E-state index in [-0.39, 0.29) is 0 Å². The average Bonchev–Trinajstić information content (AvgIpc) is 2.39. The number of fused-ring (bicyclic) bond motifs is 1. The lowest BCUT2D eigenvalue weighted by Crippen LogP contribution is -1.98. The lowest BCUT2D eigenvalue weighted by molar-refractivity contribution is 1.21. The van der Waals surface area contributed by atoms with Crippen LogP contribution in [0.3, 0.4) is 0 Å². The van der Waals surface area contributed by atoms with Crippen LogP contribution in [0.4, 0.5) is 5.82 Å². The Morgan fingerprint density at radius 1 is 1.06 bits per heavy atom. The van der Waals surface area contributed by atoms with Gasteiger partial charge in [-0.15, -0.1) is 0 Å². The zero-order chi connectivity index (χ0) is 12.5. The molecule has 0 aliphatic carbocycles. The number of pyridine rings is 1. The predicted molar refractivity (Wildman–Crippen MR) is 74.9 cm³/mol. The van der Waals surface area contributed by atoms with Crippen LogP contribution in [-0.2, 0) is 0 Å². The fraction of sp³-hybridized carbons (Fsp3) is 0. The molecule has 4 nitrogen and oxygen atoms in total. The van der Waals surface area contributed by atoms with E-state index in [9.17, 15) is 0 Å². The Morgan fingerprint density at radius 3 is 2.72 bits per heavy atom. The Bertz CT molecular complexity index is 713. The van der Waals surface area contributed by atoms with Crippen molar-refractivity contribution < 1.29 is 0 Å². The van der Waals surface area contributed by atoms with E-state index >= 15 is 0 Å². The fourth-order valence-corrected chi connectivity index (χ4v) is 2.35. The number of hydrogen-bond donors (Lipinski definition) is 1. The van der Waals surface area contributed by atoms with E-state index < -0.39 is 0 Å². The van der Waals surface area contributed by atoms with E-state index in [1.807, 2.05) is 30.3 Å². The lowest BCUT2D eigenvalue weighted by atomic mass is 10.2. The molecule has 0 saturated heterocycles. The number of nitrogens with zero attached hydrogens (tertiary/aromatic N) is 3. The molecule has 1 aromatic carbocycles. The SMILES string of the molecule is Nc1nc(-c2cccnc2)nc2cccc(Br)c12. The third-order valence-electron chi connectivity index (χ3n) is 2.62. The standard InChI is InChI=1S/C13H9BrN4/c14-9-4-1-5-10-11(9)12(15)18-13(17-10)8-3-2-6-16-7-8/h1-7H,(H2,15,17,18). The molecule has 0 aliphatic heterocycles. The first-order chi connectivity index (χ1) is 8.75. The van der Waals surface area contributed by atoms with E-state index in [1.165, 1.54) is 0 Å². The molecule has 0 amide bonds. The minimum atomic E-state index is 0.464. The highest BCUT2D eigenvalue weighted by Gasteiger charge is 2.09. The summed E-state index contributed by atoms with van der Waals surface area (Å²) in [5, 5.41) is 0.838. The summed E-state index contributed by atoms with van der Waals surface area (Å²) in [6.07, 6.45) is 3.43. The van der Waals surface area contributed by atoms with Crippen LogP contribution in [0.25, 0.3) is 22.3 Å². The quantitative estimate of drug-likeness (QED) is 0.750. The number of nitrogens with two attached hydrogens (primary N) is 1. The third kappa shape index (κ3) is 1.82. The minimum Gasteiger partial charge on any atom is -0.383 e. The van der Waals surface area contributed by atoms with Gasteiger partial charge in [0.15, 0.2) is 5.82 Å². The third-order valence-corrected chi connectivity index (χ3v) is 3.28. The maximum absolute atomic E-state index is 5.99. The number of nitrogen functional groups attached to an aromatic ring is 1. The van der Waals surface area contributed by atoms with E-state index in [1.54, 1.807) is 12.4 Å². The Hall–Kier alpha value is -2.01. The predicted octanol–water partition coefficient (Wildman–Crippen LogP) is 3.04. The van der Waals surface area contributed by atoms with E-state index in [2.05, 4.69) is 30.9 Å². The summed E-state index contributed by atoms with van der Waals surface area (Å²) in [5.74, 6) is 1.05. The minimum absolute atomic E-state index is 0.464. The summed E-state index contributed by atoms with van der Waals surface area (Å²) in [6.45, 7) is 0.